The van der Waals surface area contributed by atoms with Crippen molar-refractivity contribution in [2.24, 2.45) is 0 Å². The van der Waals surface area contributed by atoms with Gasteiger partial charge >= 0.3 is 6.09 Å². The summed E-state index contributed by atoms with van der Waals surface area (Å²) in [6.45, 7) is 6.55. The van der Waals surface area contributed by atoms with E-state index in [0.29, 0.717) is 26.2 Å². The zero-order valence-corrected chi connectivity index (χ0v) is 13.4. The van der Waals surface area contributed by atoms with Gasteiger partial charge in [-0.15, -0.1) is 0 Å². The minimum Gasteiger partial charge on any atom is -0.444 e. The van der Waals surface area contributed by atoms with E-state index in [1.807, 2.05) is 0 Å². The van der Waals surface area contributed by atoms with Crippen LogP contribution in [-0.2, 0) is 4.74 Å². The Balaban J connectivity index is 2.06. The molecule has 0 N–H and O–H groups in total. The maximum atomic E-state index is 14.0. The number of rotatable bonds is 1. The van der Waals surface area contributed by atoms with Gasteiger partial charge in [0.05, 0.1) is 11.6 Å². The molecule has 0 aliphatic carbocycles. The van der Waals surface area contributed by atoms with Crippen molar-refractivity contribution in [3.63, 3.8) is 0 Å². The lowest BCUT2D eigenvalue weighted by Gasteiger charge is -2.36. The number of nitriles is 1. The molecule has 124 valence electrons. The van der Waals surface area contributed by atoms with Crippen LogP contribution in [0.5, 0.6) is 0 Å². The molecule has 0 aromatic heterocycles. The summed E-state index contributed by atoms with van der Waals surface area (Å²) in [5, 5.41) is 8.72. The highest BCUT2D eigenvalue weighted by Gasteiger charge is 2.28. The Hall–Kier alpha value is -2.36. The van der Waals surface area contributed by atoms with Gasteiger partial charge in [0.2, 0.25) is 0 Å². The molecule has 0 bridgehead atoms. The molecular weight excluding hydrogens is 304 g/mol. The number of piperazine rings is 1. The van der Waals surface area contributed by atoms with Gasteiger partial charge in [0.15, 0.2) is 11.6 Å². The third-order valence-corrected chi connectivity index (χ3v) is 3.39. The average molecular weight is 323 g/mol. The summed E-state index contributed by atoms with van der Waals surface area (Å²) in [6.07, 6.45) is -0.432. The predicted molar refractivity (Wildman–Crippen MR) is 81.1 cm³/mol. The smallest absolute Gasteiger partial charge is 0.410 e. The number of amides is 1. The summed E-state index contributed by atoms with van der Waals surface area (Å²) >= 11 is 0. The lowest BCUT2D eigenvalue weighted by atomic mass is 10.1. The SMILES string of the molecule is CC(C)(C)OC(=O)N1CCN(c2c(F)cc(C#N)cc2F)CC1. The van der Waals surface area contributed by atoms with Crippen LogP contribution in [0.3, 0.4) is 0 Å². The molecule has 0 atom stereocenters. The molecule has 1 amide bonds. The summed E-state index contributed by atoms with van der Waals surface area (Å²) in [5.74, 6) is -1.54. The number of carbonyl (C=O) groups excluding carboxylic acids is 1. The van der Waals surface area contributed by atoms with E-state index < -0.39 is 23.3 Å². The van der Waals surface area contributed by atoms with E-state index in [1.54, 1.807) is 26.8 Å². The Morgan fingerprint density at radius 1 is 1.17 bits per heavy atom. The highest BCUT2D eigenvalue weighted by molar-refractivity contribution is 5.68. The second-order valence-electron chi connectivity index (χ2n) is 6.35. The molecule has 1 aromatic rings. The van der Waals surface area contributed by atoms with Crippen LogP contribution in [0.25, 0.3) is 0 Å². The summed E-state index contributed by atoms with van der Waals surface area (Å²) < 4.78 is 33.3. The second kappa shape index (κ2) is 6.41. The minimum absolute atomic E-state index is 0.0591. The summed E-state index contributed by atoms with van der Waals surface area (Å²) in [7, 11) is 0. The maximum absolute atomic E-state index is 14.0. The van der Waals surface area contributed by atoms with E-state index >= 15 is 0 Å². The van der Waals surface area contributed by atoms with Crippen molar-refractivity contribution in [3.05, 3.63) is 29.3 Å². The van der Waals surface area contributed by atoms with Gasteiger partial charge in [0, 0.05) is 26.2 Å². The third kappa shape index (κ3) is 4.09. The van der Waals surface area contributed by atoms with Gasteiger partial charge < -0.3 is 14.5 Å². The largest absolute Gasteiger partial charge is 0.444 e. The third-order valence-electron chi connectivity index (χ3n) is 3.39. The lowest BCUT2D eigenvalue weighted by Crippen LogP contribution is -2.50. The van der Waals surface area contributed by atoms with Crippen molar-refractivity contribution < 1.29 is 18.3 Å². The molecule has 1 saturated heterocycles. The molecule has 1 heterocycles. The zero-order chi connectivity index (χ0) is 17.2. The van der Waals surface area contributed by atoms with Crippen molar-refractivity contribution in [1.29, 1.82) is 5.26 Å². The molecule has 1 aromatic carbocycles. The maximum Gasteiger partial charge on any atom is 0.410 e. The number of benzene rings is 1. The number of halogens is 2. The minimum atomic E-state index is -0.771. The normalized spacial score (nSPS) is 15.3. The number of ether oxygens (including phenoxy) is 1. The van der Waals surface area contributed by atoms with Gasteiger partial charge in [-0.3, -0.25) is 0 Å². The highest BCUT2D eigenvalue weighted by Crippen LogP contribution is 2.26. The van der Waals surface area contributed by atoms with Crippen LogP contribution in [0.15, 0.2) is 12.1 Å². The molecule has 1 fully saturated rings. The second-order valence-corrected chi connectivity index (χ2v) is 6.35. The summed E-state index contributed by atoms with van der Waals surface area (Å²) in [5.41, 5.74) is -0.802. The zero-order valence-electron chi connectivity index (χ0n) is 13.4. The molecule has 0 radical (unpaired) electrons. The van der Waals surface area contributed by atoms with Gasteiger partial charge in [-0.05, 0) is 32.9 Å². The monoisotopic (exact) mass is 323 g/mol. The Bertz CT molecular complexity index is 619. The number of anilines is 1. The van der Waals surface area contributed by atoms with E-state index in [4.69, 9.17) is 10.00 Å². The first-order valence-electron chi connectivity index (χ1n) is 7.33. The van der Waals surface area contributed by atoms with Crippen LogP contribution in [0, 0.1) is 23.0 Å². The van der Waals surface area contributed by atoms with Gasteiger partial charge in [0.1, 0.15) is 11.3 Å². The predicted octanol–water partition coefficient (Wildman–Crippen LogP) is 2.89. The van der Waals surface area contributed by atoms with E-state index in [9.17, 15) is 13.6 Å². The molecule has 23 heavy (non-hydrogen) atoms. The fourth-order valence-electron chi connectivity index (χ4n) is 2.37. The lowest BCUT2D eigenvalue weighted by molar-refractivity contribution is 0.0240. The van der Waals surface area contributed by atoms with Crippen LogP contribution in [0.4, 0.5) is 19.3 Å². The fraction of sp³-hybridized carbons (Fsp3) is 0.500. The van der Waals surface area contributed by atoms with Crippen molar-refractivity contribution in [3.8, 4) is 6.07 Å². The first kappa shape index (κ1) is 17.0. The molecule has 1 aliphatic heterocycles. The van der Waals surface area contributed by atoms with Crippen molar-refractivity contribution in [2.45, 2.75) is 26.4 Å². The van der Waals surface area contributed by atoms with Gasteiger partial charge in [-0.1, -0.05) is 0 Å². The first-order chi connectivity index (χ1) is 10.7. The number of nitrogens with zero attached hydrogens (tertiary/aromatic N) is 3. The molecule has 7 heteroatoms. The first-order valence-corrected chi connectivity index (χ1v) is 7.33. The van der Waals surface area contributed by atoms with E-state index in [2.05, 4.69) is 0 Å². The van der Waals surface area contributed by atoms with Crippen LogP contribution < -0.4 is 4.90 Å². The molecule has 2 rings (SSSR count). The molecular formula is C16H19F2N3O2. The van der Waals surface area contributed by atoms with Crippen LogP contribution in [0.2, 0.25) is 0 Å². The number of hydrogen-bond donors (Lipinski definition) is 0. The van der Waals surface area contributed by atoms with E-state index in [1.165, 1.54) is 9.80 Å². The molecule has 0 unspecified atom stereocenters. The quantitative estimate of drug-likeness (QED) is 0.797. The van der Waals surface area contributed by atoms with E-state index in [0.717, 1.165) is 12.1 Å². The van der Waals surface area contributed by atoms with Crippen molar-refractivity contribution in [2.75, 3.05) is 31.1 Å². The van der Waals surface area contributed by atoms with Gasteiger partial charge in [0.25, 0.3) is 0 Å². The average Bonchev–Trinajstić information content (AvgIpc) is 2.45. The van der Waals surface area contributed by atoms with E-state index in [-0.39, 0.29) is 11.3 Å². The fourth-order valence-corrected chi connectivity index (χ4v) is 2.37. The highest BCUT2D eigenvalue weighted by atomic mass is 19.1. The van der Waals surface area contributed by atoms with Crippen LogP contribution >= 0.6 is 0 Å². The summed E-state index contributed by atoms with van der Waals surface area (Å²) in [4.78, 5) is 15.0. The van der Waals surface area contributed by atoms with Crippen molar-refractivity contribution >= 4 is 11.8 Å². The molecule has 0 saturated carbocycles. The summed E-state index contributed by atoms with van der Waals surface area (Å²) in [6, 6.07) is 3.74. The number of hydrogen-bond acceptors (Lipinski definition) is 4. The Morgan fingerprint density at radius 3 is 2.13 bits per heavy atom. The Kier molecular flexibility index (Phi) is 4.73. The Morgan fingerprint density at radius 2 is 1.70 bits per heavy atom. The van der Waals surface area contributed by atoms with Crippen LogP contribution in [0.1, 0.15) is 26.3 Å². The van der Waals surface area contributed by atoms with Gasteiger partial charge in [-0.2, -0.15) is 5.26 Å². The molecule has 1 aliphatic rings. The van der Waals surface area contributed by atoms with Crippen LogP contribution in [-0.4, -0.2) is 42.8 Å². The molecule has 0 spiro atoms. The van der Waals surface area contributed by atoms with Gasteiger partial charge in [-0.25, -0.2) is 13.6 Å². The molecule has 5 nitrogen and oxygen atoms in total. The standard InChI is InChI=1S/C16H19F2N3O2/c1-16(2,3)23-15(22)21-6-4-20(5-7-21)14-12(17)8-11(10-19)9-13(14)18/h8-9H,4-7H2,1-3H3. The van der Waals surface area contributed by atoms with Crippen molar-refractivity contribution in [1.82, 2.24) is 4.90 Å². The topological polar surface area (TPSA) is 56.6 Å². The Labute approximate surface area is 134 Å². The number of carbonyl (C=O) groups is 1.